The fraction of sp³-hybridized carbons (Fsp3) is 0.704. The molecule has 1 rings (SSSR count). The molecule has 0 bridgehead atoms. The first-order valence-electron chi connectivity index (χ1n) is 13.4. The quantitative estimate of drug-likeness (QED) is 0.0666. The van der Waals surface area contributed by atoms with Crippen LogP contribution in [0.1, 0.15) is 103 Å². The molecule has 0 spiro atoms. The minimum absolute atomic E-state index is 0.258. The van der Waals surface area contributed by atoms with Crippen molar-refractivity contribution in [3.8, 4) is 0 Å². The summed E-state index contributed by atoms with van der Waals surface area (Å²) in [5.74, 6) is 0. The molecule has 0 heterocycles. The maximum absolute atomic E-state index is 10.3. The number of unbranched alkanes of at least 4 members (excludes halogenated alkanes) is 13. The van der Waals surface area contributed by atoms with Crippen LogP contribution in [0.4, 0.5) is 5.69 Å². The van der Waals surface area contributed by atoms with E-state index in [1.54, 1.807) is 0 Å². The maximum Gasteiger partial charge on any atom is 0.202 e. The van der Waals surface area contributed by atoms with Crippen molar-refractivity contribution in [2.24, 2.45) is 0 Å². The number of nitrogens with two attached hydrogens (primary N) is 2. The van der Waals surface area contributed by atoms with Crippen LogP contribution >= 0.6 is 0 Å². The highest BCUT2D eigenvalue weighted by Crippen LogP contribution is 2.11. The molecule has 35 heavy (non-hydrogen) atoms. The van der Waals surface area contributed by atoms with E-state index in [1.807, 2.05) is 5.32 Å². The van der Waals surface area contributed by atoms with Gasteiger partial charge in [-0.25, -0.2) is 8.42 Å². The summed E-state index contributed by atoms with van der Waals surface area (Å²) in [7, 11) is -4.33. The van der Waals surface area contributed by atoms with Gasteiger partial charge >= 0.3 is 0 Å². The Morgan fingerprint density at radius 3 is 1.74 bits per heavy atom. The number of rotatable bonds is 20. The minimum atomic E-state index is -4.33. The Kier molecular flexibility index (Phi) is 22.0. The molecule has 1 aromatic carbocycles. The van der Waals surface area contributed by atoms with Crippen LogP contribution in [0.3, 0.4) is 0 Å². The summed E-state index contributed by atoms with van der Waals surface area (Å²) >= 11 is 0. The smallest absolute Gasteiger partial charge is 0.202 e. The lowest BCUT2D eigenvalue weighted by Gasteiger charge is -2.05. The molecule has 0 aliphatic heterocycles. The second kappa shape index (κ2) is 23.0. The van der Waals surface area contributed by atoms with Crippen molar-refractivity contribution in [2.75, 3.05) is 18.8 Å². The standard InChI is InChI=1S/C21H43NO2.C6H7NO3S/c1-2-3-4-5-6-7-8-9-10-11-12-13-14-15-16-17-18-19-22-20-21(23)24;7-5-1-3-6(4-2-5)11(8,9)10/h9-10,21-24H,2-8,11-20H2,1H3;1-4H,7H2,(H,8,9,10)/b10-9-;. The van der Waals surface area contributed by atoms with Crippen molar-refractivity contribution in [1.29, 1.82) is 0 Å². The molecule has 1 aromatic rings. The van der Waals surface area contributed by atoms with E-state index in [9.17, 15) is 13.0 Å². The summed E-state index contributed by atoms with van der Waals surface area (Å²) in [5, 5.41) is 19.4. The van der Waals surface area contributed by atoms with Crippen molar-refractivity contribution in [1.82, 2.24) is 0 Å². The van der Waals surface area contributed by atoms with Gasteiger partial charge in [0.2, 0.25) is 6.29 Å². The number of hydrogen-bond donors (Lipinski definition) is 4. The first-order chi connectivity index (χ1) is 16.8. The number of hydrogen-bond acceptors (Lipinski definition) is 6. The molecular formula is C27H50N2O5S. The third-order valence-electron chi connectivity index (χ3n) is 5.72. The van der Waals surface area contributed by atoms with Gasteiger partial charge in [0.25, 0.3) is 0 Å². The van der Waals surface area contributed by atoms with Crippen LogP contribution in [0.25, 0.3) is 0 Å². The summed E-state index contributed by atoms with van der Waals surface area (Å²) in [5.41, 5.74) is 5.70. The molecule has 0 unspecified atom stereocenters. The number of aliphatic hydroxyl groups excluding tert-OH is 1. The maximum atomic E-state index is 10.3. The Hall–Kier alpha value is -1.45. The number of aliphatic hydroxyl groups is 2. The largest absolute Gasteiger partial charge is 0.744 e. The Labute approximate surface area is 214 Å². The topological polar surface area (TPSA) is 140 Å². The Balaban J connectivity index is 0.000000867. The normalized spacial score (nSPS) is 11.7. The lowest BCUT2D eigenvalue weighted by Crippen LogP contribution is -2.86. The zero-order valence-electron chi connectivity index (χ0n) is 21.7. The molecule has 0 saturated carbocycles. The van der Waals surface area contributed by atoms with E-state index in [0.29, 0.717) is 12.2 Å². The highest BCUT2D eigenvalue weighted by Gasteiger charge is 1.99. The molecule has 6 N–H and O–H groups in total. The predicted molar refractivity (Wildman–Crippen MR) is 143 cm³/mol. The van der Waals surface area contributed by atoms with Crippen molar-refractivity contribution < 1.29 is 28.5 Å². The lowest BCUT2D eigenvalue weighted by molar-refractivity contribution is -0.667. The van der Waals surface area contributed by atoms with Gasteiger partial charge in [0.05, 0.1) is 11.4 Å². The van der Waals surface area contributed by atoms with Crippen LogP contribution in [-0.2, 0) is 10.1 Å². The fourth-order valence-electron chi connectivity index (χ4n) is 3.61. The number of anilines is 1. The molecular weight excluding hydrogens is 464 g/mol. The first kappa shape index (κ1) is 33.5. The van der Waals surface area contributed by atoms with Crippen LogP contribution in [-0.4, -0.2) is 42.6 Å². The van der Waals surface area contributed by atoms with Crippen molar-refractivity contribution in [3.05, 3.63) is 36.4 Å². The Morgan fingerprint density at radius 1 is 0.829 bits per heavy atom. The van der Waals surface area contributed by atoms with E-state index in [1.165, 1.54) is 121 Å². The van der Waals surface area contributed by atoms with Gasteiger partial charge in [0, 0.05) is 5.69 Å². The van der Waals surface area contributed by atoms with Crippen LogP contribution in [0.15, 0.2) is 41.3 Å². The fourth-order valence-corrected chi connectivity index (χ4v) is 4.08. The number of nitrogen functional groups attached to an aromatic ring is 1. The summed E-state index contributed by atoms with van der Waals surface area (Å²) in [6.45, 7) is 3.70. The summed E-state index contributed by atoms with van der Waals surface area (Å²) in [6.07, 6.45) is 23.7. The minimum Gasteiger partial charge on any atom is -0.744 e. The van der Waals surface area contributed by atoms with E-state index >= 15 is 0 Å². The van der Waals surface area contributed by atoms with Gasteiger partial charge in [-0.2, -0.15) is 0 Å². The first-order valence-corrected chi connectivity index (χ1v) is 14.8. The molecule has 0 fully saturated rings. The average molecular weight is 515 g/mol. The summed E-state index contributed by atoms with van der Waals surface area (Å²) < 4.78 is 31.0. The van der Waals surface area contributed by atoms with E-state index in [4.69, 9.17) is 15.9 Å². The third kappa shape index (κ3) is 24.0. The molecule has 0 radical (unpaired) electrons. The molecule has 204 valence electrons. The summed E-state index contributed by atoms with van der Waals surface area (Å²) in [4.78, 5) is -0.258. The number of benzene rings is 1. The van der Waals surface area contributed by atoms with Crippen molar-refractivity contribution in [2.45, 2.75) is 114 Å². The molecule has 0 aliphatic carbocycles. The summed E-state index contributed by atoms with van der Waals surface area (Å²) in [6, 6.07) is 5.09. The van der Waals surface area contributed by atoms with Crippen LogP contribution in [0.2, 0.25) is 0 Å². The average Bonchev–Trinajstić information content (AvgIpc) is 2.80. The molecule has 0 aromatic heterocycles. The second-order valence-corrected chi connectivity index (χ2v) is 10.5. The van der Waals surface area contributed by atoms with Crippen LogP contribution < -0.4 is 11.1 Å². The van der Waals surface area contributed by atoms with E-state index in [2.05, 4.69) is 19.1 Å². The molecule has 0 amide bonds. The molecule has 0 atom stereocenters. The van der Waals surface area contributed by atoms with Crippen molar-refractivity contribution >= 4 is 15.8 Å². The number of allylic oxidation sites excluding steroid dienone is 2. The van der Waals surface area contributed by atoms with Gasteiger partial charge in [0.1, 0.15) is 16.7 Å². The van der Waals surface area contributed by atoms with Crippen molar-refractivity contribution in [3.63, 3.8) is 0 Å². The number of quaternary nitrogens is 1. The van der Waals surface area contributed by atoms with Gasteiger partial charge in [-0.05, 0) is 62.8 Å². The second-order valence-electron chi connectivity index (χ2n) is 9.11. The monoisotopic (exact) mass is 514 g/mol. The predicted octanol–water partition coefficient (Wildman–Crippen LogP) is 4.46. The van der Waals surface area contributed by atoms with E-state index in [0.717, 1.165) is 6.54 Å². The van der Waals surface area contributed by atoms with E-state index in [-0.39, 0.29) is 4.90 Å². The third-order valence-corrected chi connectivity index (χ3v) is 6.57. The lowest BCUT2D eigenvalue weighted by atomic mass is 10.1. The zero-order valence-corrected chi connectivity index (χ0v) is 22.6. The van der Waals surface area contributed by atoms with Crippen LogP contribution in [0, 0.1) is 0 Å². The van der Waals surface area contributed by atoms with Gasteiger partial charge < -0.3 is 25.8 Å². The highest BCUT2D eigenvalue weighted by molar-refractivity contribution is 7.85. The molecule has 8 heteroatoms. The molecule has 7 nitrogen and oxygen atoms in total. The van der Waals surface area contributed by atoms with Crippen LogP contribution in [0.5, 0.6) is 0 Å². The van der Waals surface area contributed by atoms with Gasteiger partial charge in [-0.15, -0.1) is 0 Å². The molecule has 0 saturated heterocycles. The SMILES string of the molecule is CCCCCCCC/C=C\CCCCCCCCC[NH2+]CC(O)O.Nc1ccc(S(=O)(=O)[O-])cc1. The molecule has 0 aliphatic rings. The van der Waals surface area contributed by atoms with Gasteiger partial charge in [0.15, 0.2) is 0 Å². The highest BCUT2D eigenvalue weighted by atomic mass is 32.2. The Morgan fingerprint density at radius 2 is 1.29 bits per heavy atom. The van der Waals surface area contributed by atoms with Gasteiger partial charge in [-0.3, -0.25) is 0 Å². The Bertz CT molecular complexity index is 722. The zero-order chi connectivity index (χ0) is 26.2. The van der Waals surface area contributed by atoms with E-state index < -0.39 is 16.4 Å². The van der Waals surface area contributed by atoms with Gasteiger partial charge in [-0.1, -0.05) is 76.9 Å².